The van der Waals surface area contributed by atoms with E-state index >= 15 is 0 Å². The van der Waals surface area contributed by atoms with Crippen molar-refractivity contribution in [3.63, 3.8) is 0 Å². The minimum Gasteiger partial charge on any atom is -0.381 e. The zero-order valence-corrected chi connectivity index (χ0v) is 13.8. The van der Waals surface area contributed by atoms with Crippen LogP contribution in [0.1, 0.15) is 33.6 Å². The molecule has 0 aliphatic heterocycles. The van der Waals surface area contributed by atoms with Crippen molar-refractivity contribution in [1.29, 1.82) is 0 Å². The van der Waals surface area contributed by atoms with Gasteiger partial charge in [-0.25, -0.2) is 0 Å². The van der Waals surface area contributed by atoms with E-state index in [9.17, 15) is 0 Å². The van der Waals surface area contributed by atoms with Crippen LogP contribution < -0.4 is 5.32 Å². The van der Waals surface area contributed by atoms with Crippen molar-refractivity contribution in [2.75, 3.05) is 51.8 Å². The first-order valence-corrected chi connectivity index (χ1v) is 8.43. The third-order valence-corrected chi connectivity index (χ3v) is 2.67. The zero-order valence-electron chi connectivity index (χ0n) is 13.0. The van der Waals surface area contributed by atoms with E-state index < -0.39 is 0 Å². The number of rotatable bonds is 13. The molecule has 1 N–H and O–H groups in total. The van der Waals surface area contributed by atoms with Crippen molar-refractivity contribution in [1.82, 2.24) is 5.32 Å². The Bertz CT molecular complexity index is 186. The van der Waals surface area contributed by atoms with Crippen molar-refractivity contribution >= 4 is 11.8 Å². The molecule has 0 aromatic carbocycles. The molecule has 0 saturated carbocycles. The smallest absolute Gasteiger partial charge is 0.0919 e. The predicted molar refractivity (Wildman–Crippen MR) is 83.0 cm³/mol. The van der Waals surface area contributed by atoms with E-state index in [0.717, 1.165) is 45.1 Å². The number of nitrogens with one attached hydrogen (secondary N) is 1. The Labute approximate surface area is 122 Å². The maximum atomic E-state index is 5.54. The molecule has 19 heavy (non-hydrogen) atoms. The Morgan fingerprint density at radius 1 is 0.842 bits per heavy atom. The third kappa shape index (κ3) is 18.2. The molecule has 0 unspecified atom stereocenters. The fraction of sp³-hybridized carbons (Fsp3) is 1.00. The molecule has 0 atom stereocenters. The normalized spacial score (nSPS) is 12.0. The highest BCUT2D eigenvalue weighted by Crippen LogP contribution is 1.98. The number of hydrogen-bond acceptors (Lipinski definition) is 5. The van der Waals surface area contributed by atoms with Crippen molar-refractivity contribution in [2.45, 2.75) is 39.2 Å². The van der Waals surface area contributed by atoms with Gasteiger partial charge >= 0.3 is 0 Å². The molecule has 116 valence electrons. The van der Waals surface area contributed by atoms with Crippen LogP contribution in [0.3, 0.4) is 0 Å². The molecule has 0 aliphatic rings. The van der Waals surface area contributed by atoms with Gasteiger partial charge in [0.15, 0.2) is 0 Å². The number of hydrogen-bond donors (Lipinski definition) is 1. The van der Waals surface area contributed by atoms with E-state index in [1.165, 1.54) is 0 Å². The van der Waals surface area contributed by atoms with Gasteiger partial charge in [-0.1, -0.05) is 0 Å². The summed E-state index contributed by atoms with van der Waals surface area (Å²) in [5, 5.41) is 3.44. The van der Waals surface area contributed by atoms with Crippen LogP contribution in [-0.4, -0.2) is 57.3 Å². The van der Waals surface area contributed by atoms with E-state index in [1.54, 1.807) is 11.8 Å². The number of thioether (sulfide) groups is 1. The molecular formula is C14H31NO3S. The molecule has 0 bridgehead atoms. The third-order valence-electron chi connectivity index (χ3n) is 2.27. The SMILES string of the molecule is CSCOCCOCCCOCCCNC(C)(C)C. The molecule has 0 spiro atoms. The minimum atomic E-state index is 0.201. The van der Waals surface area contributed by atoms with E-state index in [4.69, 9.17) is 14.2 Å². The summed E-state index contributed by atoms with van der Waals surface area (Å²) in [5.41, 5.74) is 0.201. The summed E-state index contributed by atoms with van der Waals surface area (Å²) in [4.78, 5) is 0. The highest BCUT2D eigenvalue weighted by Gasteiger charge is 2.06. The average Bonchev–Trinajstić information content (AvgIpc) is 2.34. The molecule has 0 amide bonds. The van der Waals surface area contributed by atoms with E-state index in [2.05, 4.69) is 26.1 Å². The maximum Gasteiger partial charge on any atom is 0.0919 e. The van der Waals surface area contributed by atoms with Crippen LogP contribution in [0.15, 0.2) is 0 Å². The quantitative estimate of drug-likeness (QED) is 0.417. The maximum absolute atomic E-state index is 5.54. The van der Waals surface area contributed by atoms with Crippen molar-refractivity contribution < 1.29 is 14.2 Å². The van der Waals surface area contributed by atoms with Crippen molar-refractivity contribution in [2.24, 2.45) is 0 Å². The van der Waals surface area contributed by atoms with Gasteiger partial charge < -0.3 is 19.5 Å². The first-order valence-electron chi connectivity index (χ1n) is 7.03. The second kappa shape index (κ2) is 13.2. The Morgan fingerprint density at radius 3 is 2.05 bits per heavy atom. The Hall–Kier alpha value is 0.190. The molecule has 5 heteroatoms. The first kappa shape index (κ1) is 19.2. The Morgan fingerprint density at radius 2 is 1.42 bits per heavy atom. The van der Waals surface area contributed by atoms with Crippen molar-refractivity contribution in [3.05, 3.63) is 0 Å². The lowest BCUT2D eigenvalue weighted by Crippen LogP contribution is -2.36. The lowest BCUT2D eigenvalue weighted by atomic mass is 10.1. The molecule has 0 radical (unpaired) electrons. The highest BCUT2D eigenvalue weighted by molar-refractivity contribution is 7.98. The minimum absolute atomic E-state index is 0.201. The molecule has 0 fully saturated rings. The summed E-state index contributed by atoms with van der Waals surface area (Å²) in [6.45, 7) is 11.2. The predicted octanol–water partition coefficient (Wildman–Crippen LogP) is 2.53. The van der Waals surface area contributed by atoms with E-state index in [1.807, 2.05) is 6.26 Å². The molecule has 0 aliphatic carbocycles. The van der Waals surface area contributed by atoms with Crippen LogP contribution >= 0.6 is 11.8 Å². The first-order chi connectivity index (χ1) is 9.06. The average molecular weight is 293 g/mol. The van der Waals surface area contributed by atoms with Crippen molar-refractivity contribution in [3.8, 4) is 0 Å². The lowest BCUT2D eigenvalue weighted by molar-refractivity contribution is 0.0477. The molecule has 0 saturated heterocycles. The van der Waals surface area contributed by atoms with Crippen LogP contribution in [0.5, 0.6) is 0 Å². The Balaban J connectivity index is 2.99. The van der Waals surface area contributed by atoms with Crippen LogP contribution in [0.25, 0.3) is 0 Å². The summed E-state index contributed by atoms with van der Waals surface area (Å²) in [6.07, 6.45) is 4.03. The topological polar surface area (TPSA) is 39.7 Å². The van der Waals surface area contributed by atoms with Crippen LogP contribution in [0.4, 0.5) is 0 Å². The van der Waals surface area contributed by atoms with Gasteiger partial charge in [0.05, 0.1) is 19.2 Å². The standard InChI is InChI=1S/C14H31NO3S/c1-14(2,3)15-7-5-8-16-9-6-10-17-11-12-18-13-19-4/h15H,5-13H2,1-4H3. The van der Waals surface area contributed by atoms with E-state index in [0.29, 0.717) is 13.2 Å². The molecule has 4 nitrogen and oxygen atoms in total. The van der Waals surface area contributed by atoms with Gasteiger partial charge in [0.2, 0.25) is 0 Å². The van der Waals surface area contributed by atoms with Gasteiger partial charge in [-0.2, -0.15) is 0 Å². The summed E-state index contributed by atoms with van der Waals surface area (Å²) >= 11 is 1.68. The largest absolute Gasteiger partial charge is 0.381 e. The monoisotopic (exact) mass is 293 g/mol. The summed E-state index contributed by atoms with van der Waals surface area (Å²) in [5.74, 6) is 0.745. The van der Waals surface area contributed by atoms with Gasteiger partial charge in [0.1, 0.15) is 0 Å². The van der Waals surface area contributed by atoms with Gasteiger partial charge in [-0.15, -0.1) is 11.8 Å². The second-order valence-corrected chi connectivity index (χ2v) is 6.24. The van der Waals surface area contributed by atoms with Crippen LogP contribution in [0.2, 0.25) is 0 Å². The van der Waals surface area contributed by atoms with Gasteiger partial charge in [-0.3, -0.25) is 0 Å². The summed E-state index contributed by atoms with van der Waals surface area (Å²) in [7, 11) is 0. The fourth-order valence-electron chi connectivity index (χ4n) is 1.36. The molecular weight excluding hydrogens is 262 g/mol. The molecule has 0 aromatic rings. The second-order valence-electron chi connectivity index (χ2n) is 5.42. The molecule has 0 heterocycles. The molecule has 0 rings (SSSR count). The highest BCUT2D eigenvalue weighted by atomic mass is 32.2. The van der Waals surface area contributed by atoms with Gasteiger partial charge in [-0.05, 0) is 46.4 Å². The summed E-state index contributed by atoms with van der Waals surface area (Å²) in [6, 6.07) is 0. The van der Waals surface area contributed by atoms with Gasteiger partial charge in [0, 0.05) is 25.4 Å². The fourth-order valence-corrected chi connectivity index (χ4v) is 1.65. The number of ether oxygens (including phenoxy) is 3. The van der Waals surface area contributed by atoms with Crippen LogP contribution in [-0.2, 0) is 14.2 Å². The summed E-state index contributed by atoms with van der Waals surface area (Å²) < 4.78 is 16.2. The van der Waals surface area contributed by atoms with E-state index in [-0.39, 0.29) is 5.54 Å². The lowest BCUT2D eigenvalue weighted by Gasteiger charge is -2.20. The zero-order chi connectivity index (χ0) is 14.4. The Kier molecular flexibility index (Phi) is 13.3. The van der Waals surface area contributed by atoms with Crippen LogP contribution in [0, 0.1) is 0 Å². The molecule has 0 aromatic heterocycles. The van der Waals surface area contributed by atoms with Gasteiger partial charge in [0.25, 0.3) is 0 Å².